The molecule has 2 N–H and O–H groups in total. The maximum Gasteiger partial charge on any atom is 0.137 e. The molecule has 0 amide bonds. The van der Waals surface area contributed by atoms with Crippen LogP contribution >= 0.6 is 15.9 Å². The summed E-state index contributed by atoms with van der Waals surface area (Å²) in [5, 5.41) is 0. The molecule has 20 heavy (non-hydrogen) atoms. The minimum absolute atomic E-state index is 0.148. The van der Waals surface area contributed by atoms with Crippen LogP contribution in [0.2, 0.25) is 0 Å². The van der Waals surface area contributed by atoms with Crippen LogP contribution in [0.1, 0.15) is 24.1 Å². The lowest BCUT2D eigenvalue weighted by Crippen LogP contribution is -2.07. The summed E-state index contributed by atoms with van der Waals surface area (Å²) < 4.78 is 32.9. The second-order valence-corrected chi connectivity index (χ2v) is 5.27. The lowest BCUT2D eigenvalue weighted by molar-refractivity contribution is 0.302. The molecule has 106 valence electrons. The molecule has 2 nitrogen and oxygen atoms in total. The van der Waals surface area contributed by atoms with Crippen LogP contribution in [0.25, 0.3) is 0 Å². The van der Waals surface area contributed by atoms with Gasteiger partial charge in [0.15, 0.2) is 0 Å². The number of halogens is 3. The van der Waals surface area contributed by atoms with Crippen molar-refractivity contribution in [2.45, 2.75) is 19.6 Å². The summed E-state index contributed by atoms with van der Waals surface area (Å²) in [5.74, 6) is -0.386. The Bertz CT molecular complexity index is 617. The highest BCUT2D eigenvalue weighted by Gasteiger charge is 2.09. The van der Waals surface area contributed by atoms with Crippen molar-refractivity contribution in [2.75, 3.05) is 0 Å². The van der Waals surface area contributed by atoms with E-state index in [-0.39, 0.29) is 18.5 Å². The molecule has 0 spiro atoms. The fourth-order valence-corrected chi connectivity index (χ4v) is 2.17. The van der Waals surface area contributed by atoms with Crippen LogP contribution in [-0.2, 0) is 6.61 Å². The summed E-state index contributed by atoms with van der Waals surface area (Å²) in [6, 6.07) is 8.83. The van der Waals surface area contributed by atoms with Gasteiger partial charge in [0.1, 0.15) is 24.0 Å². The third kappa shape index (κ3) is 3.35. The Hall–Kier alpha value is -1.46. The van der Waals surface area contributed by atoms with Gasteiger partial charge in [-0.2, -0.15) is 0 Å². The molecule has 0 saturated carbocycles. The monoisotopic (exact) mass is 341 g/mol. The lowest BCUT2D eigenvalue weighted by Gasteiger charge is -2.11. The largest absolute Gasteiger partial charge is 0.489 e. The number of nitrogens with two attached hydrogens (primary N) is 1. The fraction of sp³-hybridized carbons (Fsp3) is 0.200. The Morgan fingerprint density at radius 3 is 2.60 bits per heavy atom. The molecule has 2 rings (SSSR count). The van der Waals surface area contributed by atoms with Crippen molar-refractivity contribution in [1.82, 2.24) is 0 Å². The predicted molar refractivity (Wildman–Crippen MR) is 77.4 cm³/mol. The summed E-state index contributed by atoms with van der Waals surface area (Å²) in [7, 11) is 0. The molecular formula is C15H14BrF2NO. The van der Waals surface area contributed by atoms with Gasteiger partial charge in [-0.3, -0.25) is 0 Å². The van der Waals surface area contributed by atoms with E-state index in [4.69, 9.17) is 10.5 Å². The maximum atomic E-state index is 13.7. The molecule has 0 aliphatic heterocycles. The summed E-state index contributed by atoms with van der Waals surface area (Å²) in [6.45, 7) is 1.86. The summed E-state index contributed by atoms with van der Waals surface area (Å²) in [4.78, 5) is 0. The number of rotatable bonds is 4. The zero-order valence-corrected chi connectivity index (χ0v) is 12.5. The predicted octanol–water partition coefficient (Wildman–Crippen LogP) is 4.33. The van der Waals surface area contributed by atoms with E-state index < -0.39 is 5.82 Å². The highest BCUT2D eigenvalue weighted by atomic mass is 79.9. The van der Waals surface area contributed by atoms with Crippen molar-refractivity contribution in [3.8, 4) is 5.75 Å². The SMILES string of the molecule is C[C@H](N)c1ccc(OCc2cccc(F)c2Br)cc1F. The van der Waals surface area contributed by atoms with Crippen molar-refractivity contribution in [1.29, 1.82) is 0 Å². The van der Waals surface area contributed by atoms with Gasteiger partial charge in [-0.1, -0.05) is 18.2 Å². The molecule has 0 fully saturated rings. The summed E-state index contributed by atoms with van der Waals surface area (Å²) >= 11 is 3.15. The van der Waals surface area contributed by atoms with E-state index in [0.29, 0.717) is 21.3 Å². The maximum absolute atomic E-state index is 13.7. The number of ether oxygens (including phenoxy) is 1. The smallest absolute Gasteiger partial charge is 0.137 e. The van der Waals surface area contributed by atoms with Gasteiger partial charge in [0.05, 0.1) is 4.47 Å². The molecule has 2 aromatic carbocycles. The van der Waals surface area contributed by atoms with Gasteiger partial charge in [0.2, 0.25) is 0 Å². The van der Waals surface area contributed by atoms with Crippen LogP contribution in [0.15, 0.2) is 40.9 Å². The summed E-state index contributed by atoms with van der Waals surface area (Å²) in [5.41, 5.74) is 6.73. The van der Waals surface area contributed by atoms with E-state index in [1.165, 1.54) is 12.1 Å². The molecule has 2 aromatic rings. The van der Waals surface area contributed by atoms with Gasteiger partial charge >= 0.3 is 0 Å². The Kier molecular flexibility index (Phi) is 4.73. The Morgan fingerprint density at radius 1 is 1.20 bits per heavy atom. The van der Waals surface area contributed by atoms with Crippen LogP contribution in [0.4, 0.5) is 8.78 Å². The van der Waals surface area contributed by atoms with Crippen LogP contribution in [0, 0.1) is 11.6 Å². The minimum Gasteiger partial charge on any atom is -0.489 e. The van der Waals surface area contributed by atoms with Gasteiger partial charge < -0.3 is 10.5 Å². The van der Waals surface area contributed by atoms with Crippen LogP contribution in [0.3, 0.4) is 0 Å². The third-order valence-electron chi connectivity index (χ3n) is 2.89. The molecule has 1 atom stereocenters. The van der Waals surface area contributed by atoms with E-state index in [9.17, 15) is 8.78 Å². The molecule has 0 aromatic heterocycles. The van der Waals surface area contributed by atoms with Crippen molar-refractivity contribution < 1.29 is 13.5 Å². The number of benzene rings is 2. The van der Waals surface area contributed by atoms with E-state index >= 15 is 0 Å². The number of hydrogen-bond acceptors (Lipinski definition) is 2. The van der Waals surface area contributed by atoms with Gasteiger partial charge in [0.25, 0.3) is 0 Å². The average Bonchev–Trinajstić information content (AvgIpc) is 2.40. The van der Waals surface area contributed by atoms with E-state index in [0.717, 1.165) is 0 Å². The van der Waals surface area contributed by atoms with Gasteiger partial charge in [-0.15, -0.1) is 0 Å². The van der Waals surface area contributed by atoms with Gasteiger partial charge in [0, 0.05) is 23.2 Å². The lowest BCUT2D eigenvalue weighted by atomic mass is 10.1. The van der Waals surface area contributed by atoms with Crippen molar-refractivity contribution in [2.24, 2.45) is 5.73 Å². The molecule has 5 heteroatoms. The van der Waals surface area contributed by atoms with Crippen LogP contribution in [-0.4, -0.2) is 0 Å². The fourth-order valence-electron chi connectivity index (χ4n) is 1.79. The van der Waals surface area contributed by atoms with Gasteiger partial charge in [-0.25, -0.2) is 8.78 Å². The molecule has 0 saturated heterocycles. The van der Waals surface area contributed by atoms with Crippen molar-refractivity contribution in [3.63, 3.8) is 0 Å². The first kappa shape index (κ1) is 14.9. The van der Waals surface area contributed by atoms with E-state index in [2.05, 4.69) is 15.9 Å². The average molecular weight is 342 g/mol. The first-order valence-electron chi connectivity index (χ1n) is 6.09. The Morgan fingerprint density at radius 2 is 1.95 bits per heavy atom. The molecule has 0 bridgehead atoms. The normalized spacial score (nSPS) is 12.2. The van der Waals surface area contributed by atoms with Crippen molar-refractivity contribution in [3.05, 3.63) is 63.6 Å². The zero-order chi connectivity index (χ0) is 14.7. The summed E-state index contributed by atoms with van der Waals surface area (Å²) in [6.07, 6.45) is 0. The molecule has 0 unspecified atom stereocenters. The molecule has 0 heterocycles. The van der Waals surface area contributed by atoms with Gasteiger partial charge in [-0.05, 0) is 35.0 Å². The van der Waals surface area contributed by atoms with E-state index in [1.54, 1.807) is 31.2 Å². The van der Waals surface area contributed by atoms with Crippen molar-refractivity contribution >= 4 is 15.9 Å². The topological polar surface area (TPSA) is 35.2 Å². The Labute approximate surface area is 124 Å². The number of hydrogen-bond donors (Lipinski definition) is 1. The third-order valence-corrected chi connectivity index (χ3v) is 3.78. The molecule has 0 radical (unpaired) electrons. The quantitative estimate of drug-likeness (QED) is 0.898. The van der Waals surface area contributed by atoms with Crippen LogP contribution < -0.4 is 10.5 Å². The highest BCUT2D eigenvalue weighted by molar-refractivity contribution is 9.10. The minimum atomic E-state index is -0.407. The second kappa shape index (κ2) is 6.33. The second-order valence-electron chi connectivity index (χ2n) is 4.47. The van der Waals surface area contributed by atoms with Crippen LogP contribution in [0.5, 0.6) is 5.75 Å². The molecular weight excluding hydrogens is 328 g/mol. The molecule has 0 aliphatic carbocycles. The highest BCUT2D eigenvalue weighted by Crippen LogP contribution is 2.24. The van der Waals surface area contributed by atoms with E-state index in [1.807, 2.05) is 0 Å². The zero-order valence-electron chi connectivity index (χ0n) is 10.9. The first-order valence-corrected chi connectivity index (χ1v) is 6.89. The Balaban J connectivity index is 2.11. The standard InChI is InChI=1S/C15H14BrF2NO/c1-9(19)12-6-5-11(7-14(12)18)20-8-10-3-2-4-13(17)15(10)16/h2-7,9H,8,19H2,1H3/t9-/m0/s1. The first-order chi connectivity index (χ1) is 9.49. The molecule has 0 aliphatic rings.